The summed E-state index contributed by atoms with van der Waals surface area (Å²) < 4.78 is 63.3. The van der Waals surface area contributed by atoms with Gasteiger partial charge in [-0.1, -0.05) is 18.2 Å². The lowest BCUT2D eigenvalue weighted by Gasteiger charge is -2.18. The van der Waals surface area contributed by atoms with Crippen molar-refractivity contribution in [2.24, 2.45) is 0 Å². The lowest BCUT2D eigenvalue weighted by molar-refractivity contribution is -0.192. The highest BCUT2D eigenvalue weighted by Gasteiger charge is 2.38. The van der Waals surface area contributed by atoms with Crippen LogP contribution in [0, 0.1) is 0 Å². The molecule has 0 atom stereocenters. The first-order valence-corrected chi connectivity index (χ1v) is 8.76. The summed E-state index contributed by atoms with van der Waals surface area (Å²) in [5.41, 5.74) is 2.55. The molecular weight excluding hydrogens is 361 g/mol. The average molecular weight is 376 g/mol. The van der Waals surface area contributed by atoms with Gasteiger partial charge in [0.25, 0.3) is 10.1 Å². The lowest BCUT2D eigenvalue weighted by atomic mass is 9.88. The van der Waals surface area contributed by atoms with E-state index in [0.29, 0.717) is 0 Å². The number of hydrogen-bond acceptors (Lipinski definition) is 3. The SMILES string of the molecule is O=C(O)C(F)(F)F.O=S(=O)(O)c1ccc2ccc3c(c2c1)CCCC3. The average Bonchev–Trinajstić information content (AvgIpc) is 2.53. The van der Waals surface area contributed by atoms with Crippen LogP contribution < -0.4 is 0 Å². The summed E-state index contributed by atoms with van der Waals surface area (Å²) in [5.74, 6) is -2.76. The van der Waals surface area contributed by atoms with Crippen molar-refractivity contribution in [3.05, 3.63) is 41.5 Å². The van der Waals surface area contributed by atoms with Crippen molar-refractivity contribution in [1.82, 2.24) is 0 Å². The van der Waals surface area contributed by atoms with Crippen LogP contribution in [0.25, 0.3) is 10.8 Å². The van der Waals surface area contributed by atoms with Crippen LogP contribution in [0.4, 0.5) is 13.2 Å². The number of fused-ring (bicyclic) bond motifs is 3. The molecule has 3 rings (SSSR count). The van der Waals surface area contributed by atoms with Gasteiger partial charge in [0, 0.05) is 0 Å². The van der Waals surface area contributed by atoms with Gasteiger partial charge in [0.05, 0.1) is 4.90 Å². The molecular formula is C16H15F3O5S. The standard InChI is InChI=1S/C14H14O3S.C2HF3O2/c15-18(16,17)12-8-7-11-6-5-10-3-1-2-4-13(10)14(11)9-12;3-2(4,5)1(6)7/h5-9H,1-4H2,(H,15,16,17);(H,6,7). The van der Waals surface area contributed by atoms with Gasteiger partial charge in [-0.2, -0.15) is 21.6 Å². The van der Waals surface area contributed by atoms with Gasteiger partial charge < -0.3 is 5.11 Å². The molecule has 9 heteroatoms. The van der Waals surface area contributed by atoms with Crippen molar-refractivity contribution < 1.29 is 36.0 Å². The number of aryl methyl sites for hydroxylation is 2. The Balaban J connectivity index is 0.000000277. The quantitative estimate of drug-likeness (QED) is 0.742. The largest absolute Gasteiger partial charge is 0.490 e. The van der Waals surface area contributed by atoms with Gasteiger partial charge in [0.1, 0.15) is 0 Å². The fourth-order valence-electron chi connectivity index (χ4n) is 2.71. The predicted octanol–water partition coefficient (Wildman–Crippen LogP) is 3.60. The van der Waals surface area contributed by atoms with Crippen molar-refractivity contribution in [3.63, 3.8) is 0 Å². The monoisotopic (exact) mass is 376 g/mol. The summed E-state index contributed by atoms with van der Waals surface area (Å²) in [6, 6.07) is 8.95. The number of aliphatic carboxylic acids is 1. The third-order valence-electron chi connectivity index (χ3n) is 3.86. The molecule has 0 saturated carbocycles. The maximum absolute atomic E-state index is 11.2. The number of halogens is 3. The van der Waals surface area contributed by atoms with Crippen molar-refractivity contribution in [2.45, 2.75) is 36.8 Å². The molecule has 0 aromatic heterocycles. The van der Waals surface area contributed by atoms with Crippen LogP contribution in [-0.2, 0) is 27.8 Å². The van der Waals surface area contributed by atoms with Gasteiger partial charge in [-0.25, -0.2) is 4.79 Å². The molecule has 2 aromatic rings. The predicted molar refractivity (Wildman–Crippen MR) is 84.1 cm³/mol. The Bertz CT molecular complexity index is 904. The number of carboxylic acids is 1. The minimum atomic E-state index is -5.08. The second kappa shape index (κ2) is 7.01. The number of rotatable bonds is 1. The third-order valence-corrected chi connectivity index (χ3v) is 4.71. The van der Waals surface area contributed by atoms with Crippen LogP contribution in [0.15, 0.2) is 35.2 Å². The fraction of sp³-hybridized carbons (Fsp3) is 0.312. The summed E-state index contributed by atoms with van der Waals surface area (Å²) in [4.78, 5) is 8.88. The normalized spacial score (nSPS) is 14.4. The summed E-state index contributed by atoms with van der Waals surface area (Å²) in [7, 11) is -4.12. The summed E-state index contributed by atoms with van der Waals surface area (Å²) in [6.07, 6.45) is -0.707. The highest BCUT2D eigenvalue weighted by molar-refractivity contribution is 7.85. The first-order chi connectivity index (χ1) is 11.5. The Kier molecular flexibility index (Phi) is 5.38. The van der Waals surface area contributed by atoms with E-state index < -0.39 is 22.3 Å². The summed E-state index contributed by atoms with van der Waals surface area (Å²) in [5, 5.41) is 9.12. The fourth-order valence-corrected chi connectivity index (χ4v) is 3.22. The van der Waals surface area contributed by atoms with Gasteiger partial charge in [-0.3, -0.25) is 4.55 Å². The van der Waals surface area contributed by atoms with Gasteiger partial charge in [-0.15, -0.1) is 0 Å². The zero-order valence-electron chi connectivity index (χ0n) is 12.9. The summed E-state index contributed by atoms with van der Waals surface area (Å²) in [6.45, 7) is 0. The highest BCUT2D eigenvalue weighted by Crippen LogP contribution is 2.30. The molecule has 0 saturated heterocycles. The summed E-state index contributed by atoms with van der Waals surface area (Å²) >= 11 is 0. The van der Waals surface area contributed by atoms with Crippen LogP contribution in [0.3, 0.4) is 0 Å². The zero-order chi connectivity index (χ0) is 18.8. The maximum Gasteiger partial charge on any atom is 0.490 e. The number of benzene rings is 2. The van der Waals surface area contributed by atoms with E-state index >= 15 is 0 Å². The molecule has 0 bridgehead atoms. The lowest BCUT2D eigenvalue weighted by Crippen LogP contribution is -2.21. The Hall–Kier alpha value is -2.13. The van der Waals surface area contributed by atoms with Crippen LogP contribution in [-0.4, -0.2) is 30.2 Å². The third kappa shape index (κ3) is 4.70. The molecule has 136 valence electrons. The minimum Gasteiger partial charge on any atom is -0.475 e. The van der Waals surface area contributed by atoms with Crippen LogP contribution in [0.5, 0.6) is 0 Å². The second-order valence-corrected chi connectivity index (χ2v) is 6.99. The number of carboxylic acid groups (broad SMARTS) is 1. The van der Waals surface area contributed by atoms with E-state index in [4.69, 9.17) is 14.5 Å². The Morgan fingerprint density at radius 3 is 2.16 bits per heavy atom. The molecule has 0 spiro atoms. The van der Waals surface area contributed by atoms with Crippen molar-refractivity contribution in [2.75, 3.05) is 0 Å². The zero-order valence-corrected chi connectivity index (χ0v) is 13.7. The van der Waals surface area contributed by atoms with E-state index in [1.165, 1.54) is 23.6 Å². The Morgan fingerprint density at radius 2 is 1.60 bits per heavy atom. The Morgan fingerprint density at radius 1 is 1.04 bits per heavy atom. The van der Waals surface area contributed by atoms with E-state index in [0.717, 1.165) is 30.0 Å². The van der Waals surface area contributed by atoms with Gasteiger partial charge in [0.2, 0.25) is 0 Å². The number of hydrogen-bond donors (Lipinski definition) is 2. The molecule has 5 nitrogen and oxygen atoms in total. The van der Waals surface area contributed by atoms with Gasteiger partial charge in [-0.05, 0) is 59.7 Å². The molecule has 0 fully saturated rings. The maximum atomic E-state index is 11.2. The molecule has 0 radical (unpaired) electrons. The number of alkyl halides is 3. The molecule has 2 N–H and O–H groups in total. The molecule has 0 aliphatic heterocycles. The molecule has 0 unspecified atom stereocenters. The van der Waals surface area contributed by atoms with Crippen molar-refractivity contribution in [3.8, 4) is 0 Å². The molecule has 2 aromatic carbocycles. The van der Waals surface area contributed by atoms with Crippen molar-refractivity contribution >= 4 is 26.9 Å². The molecule has 0 heterocycles. The minimum absolute atomic E-state index is 0.0195. The van der Waals surface area contributed by atoms with E-state index in [1.54, 1.807) is 12.1 Å². The highest BCUT2D eigenvalue weighted by atomic mass is 32.2. The van der Waals surface area contributed by atoms with Gasteiger partial charge in [0.15, 0.2) is 0 Å². The Labute approximate surface area is 141 Å². The van der Waals surface area contributed by atoms with Crippen molar-refractivity contribution in [1.29, 1.82) is 0 Å². The van der Waals surface area contributed by atoms with Crippen LogP contribution in [0.2, 0.25) is 0 Å². The molecule has 1 aliphatic rings. The van der Waals surface area contributed by atoms with Crippen LogP contribution in [0.1, 0.15) is 24.0 Å². The van der Waals surface area contributed by atoms with E-state index in [-0.39, 0.29) is 4.90 Å². The van der Waals surface area contributed by atoms with E-state index in [9.17, 15) is 21.6 Å². The molecule has 0 amide bonds. The molecule has 1 aliphatic carbocycles. The number of carbonyl (C=O) groups is 1. The van der Waals surface area contributed by atoms with Gasteiger partial charge >= 0.3 is 12.1 Å². The smallest absolute Gasteiger partial charge is 0.475 e. The van der Waals surface area contributed by atoms with E-state index in [2.05, 4.69) is 6.07 Å². The first-order valence-electron chi connectivity index (χ1n) is 7.32. The van der Waals surface area contributed by atoms with Crippen LogP contribution >= 0.6 is 0 Å². The second-order valence-electron chi connectivity index (χ2n) is 5.57. The van der Waals surface area contributed by atoms with E-state index in [1.807, 2.05) is 6.07 Å². The molecule has 25 heavy (non-hydrogen) atoms. The topological polar surface area (TPSA) is 91.7 Å². The first kappa shape index (κ1) is 19.2.